The first-order valence-corrected chi connectivity index (χ1v) is 6.26. The predicted molar refractivity (Wildman–Crippen MR) is 67.6 cm³/mol. The zero-order valence-electron chi connectivity index (χ0n) is 10.3. The van der Waals surface area contributed by atoms with Crippen LogP contribution in [-0.2, 0) is 0 Å². The Hall–Kier alpha value is -1.35. The molecule has 0 bridgehead atoms. The van der Waals surface area contributed by atoms with Crippen molar-refractivity contribution in [3.63, 3.8) is 0 Å². The number of alkyl halides is 3. The molecule has 0 aromatic heterocycles. The molecule has 20 heavy (non-hydrogen) atoms. The van der Waals surface area contributed by atoms with Gasteiger partial charge in [-0.15, -0.1) is 0 Å². The number of halogens is 4. The van der Waals surface area contributed by atoms with Gasteiger partial charge in [-0.2, -0.15) is 13.2 Å². The molecule has 1 aromatic carbocycles. The molecule has 0 amide bonds. The van der Waals surface area contributed by atoms with Crippen molar-refractivity contribution in [2.45, 2.75) is 25.6 Å². The summed E-state index contributed by atoms with van der Waals surface area (Å²) < 4.78 is 41.4. The van der Waals surface area contributed by atoms with E-state index in [1.54, 1.807) is 0 Å². The van der Waals surface area contributed by atoms with Crippen molar-refractivity contribution in [1.29, 1.82) is 0 Å². The molecule has 0 radical (unpaired) electrons. The van der Waals surface area contributed by atoms with Gasteiger partial charge >= 0.3 is 11.9 Å². The first kappa shape index (κ1) is 16.7. The Balaban J connectivity index is 3.10. The van der Waals surface area contributed by atoms with E-state index in [1.165, 1.54) is 13.0 Å². The summed E-state index contributed by atoms with van der Waals surface area (Å²) >= 11 is 3.03. The maximum Gasteiger partial charge on any atom is 0.392 e. The van der Waals surface area contributed by atoms with E-state index in [-0.39, 0.29) is 11.3 Å². The molecule has 0 unspecified atom stereocenters. The molecule has 0 aliphatic rings. The molecular weight excluding hydrogens is 347 g/mol. The number of hydrogen-bond acceptors (Lipinski definition) is 4. The maximum absolute atomic E-state index is 12.1. The summed E-state index contributed by atoms with van der Waals surface area (Å²) in [6.45, 7) is 0.577. The van der Waals surface area contributed by atoms with Gasteiger partial charge in [0.1, 0.15) is 0 Å². The summed E-state index contributed by atoms with van der Waals surface area (Å²) in [7, 11) is 0. The van der Waals surface area contributed by atoms with Crippen molar-refractivity contribution >= 4 is 21.6 Å². The Kier molecular flexibility index (Phi) is 5.35. The number of aliphatic hydroxyl groups excluding tert-OH is 1. The highest BCUT2D eigenvalue weighted by Crippen LogP contribution is 2.38. The second-order valence-electron chi connectivity index (χ2n) is 3.99. The van der Waals surface area contributed by atoms with E-state index in [0.717, 1.165) is 6.07 Å². The summed E-state index contributed by atoms with van der Waals surface area (Å²) in [5, 5.41) is 20.5. The van der Waals surface area contributed by atoms with Crippen LogP contribution in [0.15, 0.2) is 16.6 Å². The van der Waals surface area contributed by atoms with Crippen LogP contribution in [0.4, 0.5) is 18.9 Å². The van der Waals surface area contributed by atoms with Crippen LogP contribution in [0, 0.1) is 10.1 Å². The quantitative estimate of drug-likeness (QED) is 0.643. The second-order valence-corrected chi connectivity index (χ2v) is 4.91. The molecule has 1 N–H and O–H groups in total. The van der Waals surface area contributed by atoms with Gasteiger partial charge in [-0.05, 0) is 13.0 Å². The number of nitrogens with zero attached hydrogens (tertiary/aromatic N) is 1. The second kappa shape index (κ2) is 6.40. The molecule has 0 saturated carbocycles. The molecular formula is C11H11BrF3NO4. The van der Waals surface area contributed by atoms with Crippen molar-refractivity contribution in [1.82, 2.24) is 0 Å². The van der Waals surface area contributed by atoms with Gasteiger partial charge < -0.3 is 9.84 Å². The Morgan fingerprint density at radius 3 is 2.55 bits per heavy atom. The molecule has 112 valence electrons. The van der Waals surface area contributed by atoms with E-state index < -0.39 is 35.9 Å². The molecule has 5 nitrogen and oxygen atoms in total. The van der Waals surface area contributed by atoms with Gasteiger partial charge in [-0.25, -0.2) is 0 Å². The first-order chi connectivity index (χ1) is 9.11. The summed E-state index contributed by atoms with van der Waals surface area (Å²) in [4.78, 5) is 10.1. The number of aliphatic hydroxyl groups is 1. The topological polar surface area (TPSA) is 72.6 Å². The third-order valence-electron chi connectivity index (χ3n) is 2.34. The van der Waals surface area contributed by atoms with E-state index in [1.807, 2.05) is 0 Å². The summed E-state index contributed by atoms with van der Waals surface area (Å²) in [5.74, 6) is -0.350. The molecule has 0 spiro atoms. The summed E-state index contributed by atoms with van der Waals surface area (Å²) in [5.41, 5.74) is -0.453. The number of benzene rings is 1. The van der Waals surface area contributed by atoms with Crippen molar-refractivity contribution in [3.8, 4) is 5.75 Å². The Morgan fingerprint density at radius 2 is 2.10 bits per heavy atom. The number of rotatable bonds is 5. The summed E-state index contributed by atoms with van der Waals surface area (Å²) in [6.07, 6.45) is -6.78. The SMILES string of the molecule is C[C@@H](O)c1cc(Br)cc([N+](=O)[O-])c1OCCC(F)(F)F. The standard InChI is InChI=1S/C11H11BrF3NO4/c1-6(17)8-4-7(12)5-9(16(18)19)10(8)20-3-2-11(13,14)15/h4-6,17H,2-3H2,1H3/t6-/m1/s1. The lowest BCUT2D eigenvalue weighted by Gasteiger charge is -2.15. The Morgan fingerprint density at radius 1 is 1.50 bits per heavy atom. The molecule has 1 aromatic rings. The fourth-order valence-corrected chi connectivity index (χ4v) is 1.94. The number of nitro groups is 1. The van der Waals surface area contributed by atoms with Crippen molar-refractivity contribution in [2.75, 3.05) is 6.61 Å². The molecule has 0 fully saturated rings. The van der Waals surface area contributed by atoms with Gasteiger partial charge in [0.25, 0.3) is 0 Å². The summed E-state index contributed by atoms with van der Waals surface area (Å²) in [6, 6.07) is 2.47. The van der Waals surface area contributed by atoms with Crippen molar-refractivity contribution < 1.29 is 27.9 Å². The molecule has 0 heterocycles. The Labute approximate surface area is 120 Å². The van der Waals surface area contributed by atoms with Gasteiger partial charge in [-0.3, -0.25) is 10.1 Å². The van der Waals surface area contributed by atoms with Crippen LogP contribution in [0.1, 0.15) is 25.0 Å². The molecule has 0 aliphatic carbocycles. The van der Waals surface area contributed by atoms with Crippen LogP contribution in [0.25, 0.3) is 0 Å². The van der Waals surface area contributed by atoms with Gasteiger partial charge in [0.15, 0.2) is 0 Å². The molecule has 0 aliphatic heterocycles. The maximum atomic E-state index is 12.1. The van der Waals surface area contributed by atoms with Crippen LogP contribution in [0.3, 0.4) is 0 Å². The highest BCUT2D eigenvalue weighted by Gasteiger charge is 2.29. The number of hydrogen-bond donors (Lipinski definition) is 1. The van der Waals surface area contributed by atoms with Crippen LogP contribution in [0.2, 0.25) is 0 Å². The average Bonchev–Trinajstić information content (AvgIpc) is 2.28. The Bertz CT molecular complexity index is 505. The van der Waals surface area contributed by atoms with Gasteiger partial charge in [-0.1, -0.05) is 15.9 Å². The number of ether oxygens (including phenoxy) is 1. The minimum atomic E-state index is -4.42. The lowest BCUT2D eigenvalue weighted by molar-refractivity contribution is -0.386. The third-order valence-corrected chi connectivity index (χ3v) is 2.80. The fourth-order valence-electron chi connectivity index (χ4n) is 1.47. The van der Waals surface area contributed by atoms with E-state index in [9.17, 15) is 28.4 Å². The molecule has 0 saturated heterocycles. The van der Waals surface area contributed by atoms with E-state index in [0.29, 0.717) is 4.47 Å². The lowest BCUT2D eigenvalue weighted by Crippen LogP contribution is -2.14. The average molecular weight is 358 g/mol. The highest BCUT2D eigenvalue weighted by molar-refractivity contribution is 9.10. The van der Waals surface area contributed by atoms with E-state index in [4.69, 9.17) is 4.74 Å². The predicted octanol–water partition coefficient (Wildman–Crippen LogP) is 3.74. The highest BCUT2D eigenvalue weighted by atomic mass is 79.9. The minimum Gasteiger partial charge on any atom is -0.486 e. The minimum absolute atomic E-state index is 0.0493. The van der Waals surface area contributed by atoms with Crippen molar-refractivity contribution in [2.24, 2.45) is 0 Å². The van der Waals surface area contributed by atoms with Gasteiger partial charge in [0, 0.05) is 16.1 Å². The number of nitro benzene ring substituents is 1. The molecule has 9 heteroatoms. The van der Waals surface area contributed by atoms with Crippen molar-refractivity contribution in [3.05, 3.63) is 32.3 Å². The fraction of sp³-hybridized carbons (Fsp3) is 0.455. The van der Waals surface area contributed by atoms with Crippen LogP contribution < -0.4 is 4.74 Å². The monoisotopic (exact) mass is 357 g/mol. The van der Waals surface area contributed by atoms with E-state index >= 15 is 0 Å². The first-order valence-electron chi connectivity index (χ1n) is 5.47. The zero-order chi connectivity index (χ0) is 15.5. The normalized spacial score (nSPS) is 13.1. The van der Waals surface area contributed by atoms with Crippen LogP contribution in [-0.4, -0.2) is 22.8 Å². The third kappa shape index (κ3) is 4.64. The molecule has 1 atom stereocenters. The van der Waals surface area contributed by atoms with Crippen LogP contribution in [0.5, 0.6) is 5.75 Å². The zero-order valence-corrected chi connectivity index (χ0v) is 11.9. The lowest BCUT2D eigenvalue weighted by atomic mass is 10.1. The smallest absolute Gasteiger partial charge is 0.392 e. The van der Waals surface area contributed by atoms with Gasteiger partial charge in [0.05, 0.1) is 24.1 Å². The van der Waals surface area contributed by atoms with E-state index in [2.05, 4.69) is 15.9 Å². The van der Waals surface area contributed by atoms with Gasteiger partial charge in [0.2, 0.25) is 5.75 Å². The van der Waals surface area contributed by atoms with Crippen LogP contribution >= 0.6 is 15.9 Å². The molecule has 1 rings (SSSR count). The largest absolute Gasteiger partial charge is 0.486 e.